The molecule has 2 rings (SSSR count). The quantitative estimate of drug-likeness (QED) is 0.884. The van der Waals surface area contributed by atoms with Crippen LogP contribution < -0.4 is 10.2 Å². The van der Waals surface area contributed by atoms with Crippen LogP contribution in [0.15, 0.2) is 18.2 Å². The van der Waals surface area contributed by atoms with Gasteiger partial charge in [-0.3, -0.25) is 9.59 Å². The Morgan fingerprint density at radius 3 is 2.61 bits per heavy atom. The first-order valence-electron chi connectivity index (χ1n) is 7.59. The van der Waals surface area contributed by atoms with E-state index in [-0.39, 0.29) is 29.9 Å². The van der Waals surface area contributed by atoms with Crippen LogP contribution in [0, 0.1) is 5.92 Å². The summed E-state index contributed by atoms with van der Waals surface area (Å²) in [6, 6.07) is 5.42. The van der Waals surface area contributed by atoms with E-state index in [4.69, 9.17) is 0 Å². The van der Waals surface area contributed by atoms with Crippen LogP contribution in [0.25, 0.3) is 0 Å². The fourth-order valence-corrected chi connectivity index (χ4v) is 3.08. The normalized spacial score (nSPS) is 14.0. The molecule has 0 unspecified atom stereocenters. The molecule has 6 nitrogen and oxygen atoms in total. The molecule has 0 radical (unpaired) electrons. The number of anilines is 2. The van der Waals surface area contributed by atoms with Crippen molar-refractivity contribution in [2.24, 2.45) is 5.92 Å². The standard InChI is InChI=1S/C16H22N2O4S/c1-11(2)16(20)18-8-6-12-10-13(4-5-14(12)18)17-15(19)7-9-23(3,21)22/h4-5,10-11H,6-9H2,1-3H3,(H,17,19). The fraction of sp³-hybridized carbons (Fsp3) is 0.500. The van der Waals surface area contributed by atoms with Crippen LogP contribution in [0.4, 0.5) is 11.4 Å². The summed E-state index contributed by atoms with van der Waals surface area (Å²) in [5.41, 5.74) is 2.53. The van der Waals surface area contributed by atoms with Gasteiger partial charge in [-0.25, -0.2) is 8.42 Å². The highest BCUT2D eigenvalue weighted by atomic mass is 32.2. The predicted molar refractivity (Wildman–Crippen MR) is 90.3 cm³/mol. The van der Waals surface area contributed by atoms with Crippen LogP contribution in [0.1, 0.15) is 25.8 Å². The molecule has 23 heavy (non-hydrogen) atoms. The average molecular weight is 338 g/mol. The van der Waals surface area contributed by atoms with E-state index >= 15 is 0 Å². The molecular weight excluding hydrogens is 316 g/mol. The molecule has 1 aliphatic rings. The van der Waals surface area contributed by atoms with Crippen molar-refractivity contribution in [3.8, 4) is 0 Å². The number of hydrogen-bond acceptors (Lipinski definition) is 4. The Bertz CT molecular complexity index is 726. The second-order valence-corrected chi connectivity index (χ2v) is 8.43. The van der Waals surface area contributed by atoms with Crippen LogP contribution in [-0.4, -0.2) is 38.8 Å². The molecule has 2 amide bonds. The Morgan fingerprint density at radius 2 is 2.00 bits per heavy atom. The van der Waals surface area contributed by atoms with Gasteiger partial charge in [0, 0.05) is 36.5 Å². The number of sulfone groups is 1. The third-order valence-electron chi connectivity index (χ3n) is 3.72. The van der Waals surface area contributed by atoms with Crippen LogP contribution >= 0.6 is 0 Å². The highest BCUT2D eigenvalue weighted by Gasteiger charge is 2.26. The van der Waals surface area contributed by atoms with Gasteiger partial charge in [0.15, 0.2) is 0 Å². The van der Waals surface area contributed by atoms with Gasteiger partial charge in [0.05, 0.1) is 5.75 Å². The third kappa shape index (κ3) is 4.54. The Morgan fingerprint density at radius 1 is 1.30 bits per heavy atom. The van der Waals surface area contributed by atoms with Gasteiger partial charge < -0.3 is 10.2 Å². The van der Waals surface area contributed by atoms with Crippen LogP contribution in [0.5, 0.6) is 0 Å². The summed E-state index contributed by atoms with van der Waals surface area (Å²) in [4.78, 5) is 25.7. The van der Waals surface area contributed by atoms with Crippen molar-refractivity contribution in [3.05, 3.63) is 23.8 Å². The third-order valence-corrected chi connectivity index (χ3v) is 4.66. The second kappa shape index (κ2) is 6.70. The van der Waals surface area contributed by atoms with Crippen molar-refractivity contribution < 1.29 is 18.0 Å². The van der Waals surface area contributed by atoms with Gasteiger partial charge in [-0.05, 0) is 30.2 Å². The number of nitrogens with zero attached hydrogens (tertiary/aromatic N) is 1. The van der Waals surface area contributed by atoms with Gasteiger partial charge in [-0.15, -0.1) is 0 Å². The maximum atomic E-state index is 12.1. The molecule has 0 atom stereocenters. The summed E-state index contributed by atoms with van der Waals surface area (Å²) in [5.74, 6) is -0.464. The van der Waals surface area contributed by atoms with E-state index in [1.165, 1.54) is 0 Å². The van der Waals surface area contributed by atoms with Crippen molar-refractivity contribution in [2.45, 2.75) is 26.7 Å². The number of rotatable bonds is 5. The molecule has 0 aromatic heterocycles. The first kappa shape index (κ1) is 17.5. The van der Waals surface area contributed by atoms with Crippen LogP contribution in [0.2, 0.25) is 0 Å². The van der Waals surface area contributed by atoms with E-state index in [9.17, 15) is 18.0 Å². The minimum absolute atomic E-state index is 0.0590. The van der Waals surface area contributed by atoms with Gasteiger partial charge in [0.25, 0.3) is 0 Å². The highest BCUT2D eigenvalue weighted by Crippen LogP contribution is 2.31. The van der Waals surface area contributed by atoms with E-state index in [2.05, 4.69) is 5.32 Å². The Balaban J connectivity index is 2.05. The van der Waals surface area contributed by atoms with Crippen LogP contribution in [0.3, 0.4) is 0 Å². The second-order valence-electron chi connectivity index (χ2n) is 6.17. The summed E-state index contributed by atoms with van der Waals surface area (Å²) >= 11 is 0. The molecule has 1 aliphatic heterocycles. The Labute approximate surface area is 136 Å². The summed E-state index contributed by atoms with van der Waals surface area (Å²) in [7, 11) is -3.15. The molecule has 0 saturated heterocycles. The highest BCUT2D eigenvalue weighted by molar-refractivity contribution is 7.90. The van der Waals surface area contributed by atoms with Crippen molar-refractivity contribution in [3.63, 3.8) is 0 Å². The molecule has 0 saturated carbocycles. The molecule has 0 bridgehead atoms. The van der Waals surface area contributed by atoms with Gasteiger partial charge in [0.2, 0.25) is 11.8 Å². The molecule has 1 N–H and O–H groups in total. The van der Waals surface area contributed by atoms with Crippen LogP contribution in [-0.2, 0) is 25.8 Å². The van der Waals surface area contributed by atoms with Crippen molar-refractivity contribution in [1.29, 1.82) is 0 Å². The first-order valence-corrected chi connectivity index (χ1v) is 9.65. The smallest absolute Gasteiger partial charge is 0.229 e. The zero-order valence-corrected chi connectivity index (χ0v) is 14.4. The maximum Gasteiger partial charge on any atom is 0.229 e. The number of hydrogen-bond donors (Lipinski definition) is 1. The molecule has 126 valence electrons. The van der Waals surface area contributed by atoms with E-state index in [1.54, 1.807) is 11.0 Å². The lowest BCUT2D eigenvalue weighted by atomic mass is 10.1. The molecular formula is C16H22N2O4S. The SMILES string of the molecule is CC(C)C(=O)N1CCc2cc(NC(=O)CCS(C)(=O)=O)ccc21. The molecule has 1 heterocycles. The van der Waals surface area contributed by atoms with Gasteiger partial charge >= 0.3 is 0 Å². The average Bonchev–Trinajstić information content (AvgIpc) is 2.86. The van der Waals surface area contributed by atoms with E-state index in [0.29, 0.717) is 12.2 Å². The number of benzene rings is 1. The molecule has 0 fully saturated rings. The van der Waals surface area contributed by atoms with E-state index in [1.807, 2.05) is 26.0 Å². The molecule has 1 aromatic carbocycles. The molecule has 7 heteroatoms. The largest absolute Gasteiger partial charge is 0.326 e. The number of carbonyl (C=O) groups excluding carboxylic acids is 2. The summed E-state index contributed by atoms with van der Waals surface area (Å²) in [6.07, 6.45) is 1.80. The van der Waals surface area contributed by atoms with E-state index < -0.39 is 9.84 Å². The summed E-state index contributed by atoms with van der Waals surface area (Å²) in [5, 5.41) is 2.70. The Kier molecular flexibility index (Phi) is 5.09. The van der Waals surface area contributed by atoms with Gasteiger partial charge in [0.1, 0.15) is 9.84 Å². The zero-order chi connectivity index (χ0) is 17.2. The lowest BCUT2D eigenvalue weighted by Crippen LogP contribution is -2.32. The minimum Gasteiger partial charge on any atom is -0.326 e. The molecule has 1 aromatic rings. The number of fused-ring (bicyclic) bond motifs is 1. The maximum absolute atomic E-state index is 12.1. The van der Waals surface area contributed by atoms with Gasteiger partial charge in [-0.2, -0.15) is 0 Å². The Hall–Kier alpha value is -1.89. The number of nitrogens with one attached hydrogen (secondary N) is 1. The monoisotopic (exact) mass is 338 g/mol. The topological polar surface area (TPSA) is 83.6 Å². The summed E-state index contributed by atoms with van der Waals surface area (Å²) < 4.78 is 22.2. The fourth-order valence-electron chi connectivity index (χ4n) is 2.52. The van der Waals surface area contributed by atoms with Crippen molar-refractivity contribution >= 4 is 33.0 Å². The predicted octanol–water partition coefficient (Wildman–Crippen LogP) is 1.60. The van der Waals surface area contributed by atoms with Crippen molar-refractivity contribution in [1.82, 2.24) is 0 Å². The summed E-state index contributed by atoms with van der Waals surface area (Å²) in [6.45, 7) is 4.39. The van der Waals surface area contributed by atoms with Gasteiger partial charge in [-0.1, -0.05) is 13.8 Å². The first-order chi connectivity index (χ1) is 10.7. The van der Waals surface area contributed by atoms with E-state index in [0.717, 1.165) is 23.9 Å². The molecule has 0 aliphatic carbocycles. The lowest BCUT2D eigenvalue weighted by Gasteiger charge is -2.19. The minimum atomic E-state index is -3.15. The molecule has 0 spiro atoms. The zero-order valence-electron chi connectivity index (χ0n) is 13.6. The number of carbonyl (C=O) groups is 2. The lowest BCUT2D eigenvalue weighted by molar-refractivity contribution is -0.121. The number of amides is 2. The van der Waals surface area contributed by atoms with Crippen molar-refractivity contribution in [2.75, 3.05) is 28.8 Å².